The molecule has 0 saturated carbocycles. The normalized spacial score (nSPS) is 12.5. The first-order valence-electron chi connectivity index (χ1n) is 17.4. The van der Waals surface area contributed by atoms with E-state index in [9.17, 15) is 9.90 Å². The number of aromatic nitrogens is 2. The first kappa shape index (κ1) is 39.6. The molecule has 6 aromatic rings. The fourth-order valence-corrected chi connectivity index (χ4v) is 7.73. The molecule has 0 spiro atoms. The number of rotatable bonds is 9. The Kier molecular flexibility index (Phi) is 12.6. The summed E-state index contributed by atoms with van der Waals surface area (Å²) in [5.41, 5.74) is 3.94. The summed E-state index contributed by atoms with van der Waals surface area (Å²) in [6.07, 6.45) is 8.65. The average Bonchev–Trinajstić information content (AvgIpc) is 3.77. The topological polar surface area (TPSA) is 63.1 Å². The van der Waals surface area contributed by atoms with Crippen molar-refractivity contribution < 1.29 is 30.0 Å². The van der Waals surface area contributed by atoms with Crippen molar-refractivity contribution in [3.63, 3.8) is 0 Å². The maximum Gasteiger partial charge on any atom is 0.164 e. The Hall–Kier alpha value is -3.22. The fraction of sp³-hybridized carbons (Fsp3) is 0.372. The minimum atomic E-state index is -0.337. The zero-order valence-corrected chi connectivity index (χ0v) is 34.8. The Bertz CT molecular complexity index is 2130. The molecule has 0 aliphatic rings. The molecule has 0 amide bonds. The molecule has 4 nitrogen and oxygen atoms in total. The number of aliphatic hydroxyl groups excluding tert-OH is 1. The Morgan fingerprint density at radius 3 is 2.20 bits per heavy atom. The third kappa shape index (κ3) is 8.12. The van der Waals surface area contributed by atoms with Gasteiger partial charge in [0.25, 0.3) is 0 Å². The fourth-order valence-electron chi connectivity index (χ4n) is 5.98. The summed E-state index contributed by atoms with van der Waals surface area (Å²) >= 11 is 3.47. The van der Waals surface area contributed by atoms with E-state index < -0.39 is 0 Å². The van der Waals surface area contributed by atoms with Crippen molar-refractivity contribution in [2.75, 3.05) is 0 Å². The molecule has 0 bridgehead atoms. The molecule has 0 aliphatic carbocycles. The van der Waals surface area contributed by atoms with Crippen LogP contribution in [0.2, 0.25) is 0 Å². The minimum Gasteiger partial charge on any atom is -0.512 e. The second-order valence-electron chi connectivity index (χ2n) is 14.5. The van der Waals surface area contributed by atoms with E-state index in [0.29, 0.717) is 0 Å². The van der Waals surface area contributed by atoms with Crippen molar-refractivity contribution in [1.29, 1.82) is 0 Å². The van der Waals surface area contributed by atoms with Crippen LogP contribution < -0.4 is 0 Å². The Balaban J connectivity index is 0.000000269. The number of nitrogens with zero attached hydrogens (tertiary/aromatic N) is 2. The second-order valence-corrected chi connectivity index (χ2v) is 16.5. The Morgan fingerprint density at radius 1 is 0.860 bits per heavy atom. The van der Waals surface area contributed by atoms with Crippen LogP contribution in [-0.4, -0.2) is 20.9 Å². The van der Waals surface area contributed by atoms with Gasteiger partial charge >= 0.3 is 0 Å². The third-order valence-electron chi connectivity index (χ3n) is 10.5. The predicted octanol–water partition coefficient (Wildman–Crippen LogP) is 13.1. The molecule has 2 aromatic carbocycles. The minimum absolute atomic E-state index is 0. The van der Waals surface area contributed by atoms with E-state index in [0.717, 1.165) is 52.7 Å². The monoisotopic (exact) mass is 882 g/mol. The van der Waals surface area contributed by atoms with E-state index in [1.807, 2.05) is 53.9 Å². The van der Waals surface area contributed by atoms with Gasteiger partial charge in [-0.05, 0) is 66.1 Å². The number of carbonyl (C=O) groups is 1. The third-order valence-corrected chi connectivity index (χ3v) is 12.5. The van der Waals surface area contributed by atoms with Crippen molar-refractivity contribution in [3.05, 3.63) is 95.8 Å². The van der Waals surface area contributed by atoms with Crippen LogP contribution in [0.15, 0.2) is 84.2 Å². The number of hydrogen-bond acceptors (Lipinski definition) is 6. The molecule has 4 heterocycles. The van der Waals surface area contributed by atoms with E-state index >= 15 is 0 Å². The number of thiophene rings is 2. The summed E-state index contributed by atoms with van der Waals surface area (Å²) in [5.74, 6) is 0.286. The van der Waals surface area contributed by atoms with Crippen LogP contribution in [0.3, 0.4) is 0 Å². The summed E-state index contributed by atoms with van der Waals surface area (Å²) in [5, 5.41) is 17.0. The van der Waals surface area contributed by atoms with Gasteiger partial charge in [0.15, 0.2) is 5.78 Å². The summed E-state index contributed by atoms with van der Waals surface area (Å²) in [6, 6.07) is 23.2. The van der Waals surface area contributed by atoms with Gasteiger partial charge in [-0.1, -0.05) is 91.5 Å². The number of benzene rings is 2. The largest absolute Gasteiger partial charge is 0.512 e. The van der Waals surface area contributed by atoms with Crippen LogP contribution in [0.5, 0.6) is 0 Å². The van der Waals surface area contributed by atoms with Gasteiger partial charge in [-0.2, -0.15) is 0 Å². The van der Waals surface area contributed by atoms with Crippen LogP contribution in [0.25, 0.3) is 52.8 Å². The molecule has 0 aliphatic heterocycles. The van der Waals surface area contributed by atoms with Crippen LogP contribution in [-0.2, 0) is 30.3 Å². The van der Waals surface area contributed by atoms with Gasteiger partial charge in [0.1, 0.15) is 10.6 Å². The van der Waals surface area contributed by atoms with Crippen molar-refractivity contribution >= 4 is 59.5 Å². The molecule has 1 N–H and O–H groups in total. The molecule has 0 unspecified atom stereocenters. The van der Waals surface area contributed by atoms with Crippen molar-refractivity contribution in [3.8, 4) is 21.7 Å². The van der Waals surface area contributed by atoms with Crippen LogP contribution >= 0.6 is 22.7 Å². The molecule has 6 rings (SSSR count). The van der Waals surface area contributed by atoms with Gasteiger partial charge < -0.3 is 5.11 Å². The first-order valence-corrected chi connectivity index (χ1v) is 19.1. The molecule has 0 atom stereocenters. The summed E-state index contributed by atoms with van der Waals surface area (Å²) in [6.45, 7) is 18.9. The van der Waals surface area contributed by atoms with E-state index in [2.05, 4.69) is 91.8 Å². The molecular formula is C43H49IrN2O2S2-. The number of fused-ring (bicyclic) bond motifs is 3. The number of carbonyl (C=O) groups excluding carboxylic acids is 1. The number of ketones is 1. The van der Waals surface area contributed by atoms with E-state index in [4.69, 9.17) is 4.98 Å². The van der Waals surface area contributed by atoms with Crippen LogP contribution in [0, 0.1) is 16.9 Å². The maximum atomic E-state index is 12.2. The van der Waals surface area contributed by atoms with Gasteiger partial charge in [0.05, 0.1) is 0 Å². The number of allylic oxidation sites excluding steroid dienone is 2. The first-order chi connectivity index (χ1) is 23.3. The summed E-state index contributed by atoms with van der Waals surface area (Å²) in [4.78, 5) is 23.9. The van der Waals surface area contributed by atoms with Gasteiger partial charge in [0.2, 0.25) is 0 Å². The molecule has 0 fully saturated rings. The molecule has 0 saturated heterocycles. The number of aliphatic hydroxyl groups is 1. The zero-order chi connectivity index (χ0) is 35.6. The molecule has 265 valence electrons. The maximum absolute atomic E-state index is 12.2. The summed E-state index contributed by atoms with van der Waals surface area (Å²) in [7, 11) is 0. The van der Waals surface area contributed by atoms with Crippen molar-refractivity contribution in [2.45, 2.75) is 93.4 Å². The quantitative estimate of drug-likeness (QED) is 0.0893. The van der Waals surface area contributed by atoms with Crippen LogP contribution in [0.4, 0.5) is 0 Å². The smallest absolute Gasteiger partial charge is 0.164 e. The molecule has 7 heteroatoms. The number of pyridine rings is 2. The zero-order valence-electron chi connectivity index (χ0n) is 30.7. The molecule has 1 radical (unpaired) electrons. The van der Waals surface area contributed by atoms with Crippen LogP contribution in [0.1, 0.15) is 93.6 Å². The van der Waals surface area contributed by atoms with E-state index in [1.54, 1.807) is 22.7 Å². The van der Waals surface area contributed by atoms with E-state index in [-0.39, 0.29) is 47.9 Å². The van der Waals surface area contributed by atoms with Crippen molar-refractivity contribution in [2.24, 2.45) is 10.8 Å². The Morgan fingerprint density at radius 2 is 1.54 bits per heavy atom. The number of hydrogen-bond donors (Lipinski definition) is 1. The van der Waals surface area contributed by atoms with Crippen molar-refractivity contribution in [1.82, 2.24) is 9.97 Å². The van der Waals surface area contributed by atoms with E-state index in [1.165, 1.54) is 37.4 Å². The average molecular weight is 882 g/mol. The van der Waals surface area contributed by atoms with Gasteiger partial charge in [-0.25, -0.2) is 4.98 Å². The van der Waals surface area contributed by atoms with Gasteiger partial charge in [-0.3, -0.25) is 9.78 Å². The van der Waals surface area contributed by atoms with Gasteiger partial charge in [0, 0.05) is 75.6 Å². The molecule has 50 heavy (non-hydrogen) atoms. The second kappa shape index (κ2) is 16.0. The van der Waals surface area contributed by atoms with Gasteiger partial charge in [-0.15, -0.1) is 51.8 Å². The Labute approximate surface area is 319 Å². The summed E-state index contributed by atoms with van der Waals surface area (Å²) < 4.78 is 1.23. The molecular weight excluding hydrogens is 833 g/mol. The SMILES string of the molecule is CC(C)(C)c1cc(-c2nccc3sc(-c4cnc5sccc5c4)cc23)[c-]c2ccccc12.CCC(C)(CC)C(=O)/C=C(\O)C(C)(CC)CC.[Ir]. The molecule has 4 aromatic heterocycles. The predicted molar refractivity (Wildman–Crippen MR) is 212 cm³/mol. The standard InChI is InChI=1S/C28H21N2S2.C15H28O2.Ir/c1-28(2,3)23-14-19(12-17-6-4-5-7-21(17)23)26-22-15-25(32-24(22)8-10-29-26)20-13-18-9-11-31-27(18)30-16-20;1-7-14(5,8-2)12(16)11-13(17)15(6,9-3)10-4;/h4-11,13-16H,1-3H3;11,16H,7-10H2,1-6H3;/q-1;;/b;12-11-;.